The number of sulfonamides is 1. The van der Waals surface area contributed by atoms with E-state index in [4.69, 9.17) is 0 Å². The van der Waals surface area contributed by atoms with E-state index in [1.807, 2.05) is 30.5 Å². The average Bonchev–Trinajstić information content (AvgIpc) is 3.24. The maximum absolute atomic E-state index is 12.6. The zero-order chi connectivity index (χ0) is 19.3. The molecule has 2 aromatic rings. The molecule has 2 aromatic carbocycles. The molecule has 8 heteroatoms. The van der Waals surface area contributed by atoms with Gasteiger partial charge in [-0.1, -0.05) is 18.2 Å². The van der Waals surface area contributed by atoms with Gasteiger partial charge in [0.2, 0.25) is 10.0 Å². The highest BCUT2D eigenvalue weighted by molar-refractivity contribution is 7.98. The highest BCUT2D eigenvalue weighted by Gasteiger charge is 2.27. The first kappa shape index (κ1) is 19.6. The van der Waals surface area contributed by atoms with Crippen LogP contribution in [0.2, 0.25) is 0 Å². The van der Waals surface area contributed by atoms with Crippen molar-refractivity contribution in [3.63, 3.8) is 0 Å². The zero-order valence-corrected chi connectivity index (χ0v) is 16.6. The monoisotopic (exact) mass is 403 g/mol. The Balaban J connectivity index is 1.68. The van der Waals surface area contributed by atoms with Gasteiger partial charge in [-0.3, -0.25) is 4.79 Å². The van der Waals surface area contributed by atoms with Crippen molar-refractivity contribution < 1.29 is 13.2 Å². The molecule has 0 aliphatic carbocycles. The number of nitrogens with one attached hydrogen (secondary N) is 1. The van der Waals surface area contributed by atoms with Crippen molar-refractivity contribution >= 4 is 33.9 Å². The molecule has 0 spiro atoms. The molecule has 0 atom stereocenters. The molecule has 3 rings (SSSR count). The molecule has 0 radical (unpaired) electrons. The fourth-order valence-corrected chi connectivity index (χ4v) is 4.77. The molecule has 1 aliphatic heterocycles. The van der Waals surface area contributed by atoms with E-state index in [-0.39, 0.29) is 10.5 Å². The second-order valence-corrected chi connectivity index (χ2v) is 8.93. The van der Waals surface area contributed by atoms with Gasteiger partial charge >= 0.3 is 0 Å². The van der Waals surface area contributed by atoms with E-state index in [1.165, 1.54) is 16.4 Å². The number of hydrogen-bond donors (Lipinski definition) is 1. The first-order chi connectivity index (χ1) is 13.0. The summed E-state index contributed by atoms with van der Waals surface area (Å²) in [7, 11) is -3.55. The van der Waals surface area contributed by atoms with Crippen LogP contribution in [0.15, 0.2) is 63.4 Å². The molecule has 0 bridgehead atoms. The highest BCUT2D eigenvalue weighted by Crippen LogP contribution is 2.21. The van der Waals surface area contributed by atoms with Gasteiger partial charge < -0.3 is 0 Å². The Labute approximate surface area is 163 Å². The summed E-state index contributed by atoms with van der Waals surface area (Å²) in [6, 6.07) is 13.8. The van der Waals surface area contributed by atoms with Crippen LogP contribution in [0.4, 0.5) is 0 Å². The number of benzene rings is 2. The van der Waals surface area contributed by atoms with Gasteiger partial charge in [0.15, 0.2) is 0 Å². The van der Waals surface area contributed by atoms with Crippen LogP contribution in [0.1, 0.15) is 28.8 Å². The van der Waals surface area contributed by atoms with Crippen LogP contribution in [0.5, 0.6) is 0 Å². The number of rotatable bonds is 6. The minimum Gasteiger partial charge on any atom is -0.267 e. The highest BCUT2D eigenvalue weighted by atomic mass is 32.2. The fraction of sp³-hybridized carbons (Fsp3) is 0.263. The summed E-state index contributed by atoms with van der Waals surface area (Å²) in [5, 5.41) is 3.95. The summed E-state index contributed by atoms with van der Waals surface area (Å²) in [5.41, 5.74) is 3.56. The first-order valence-electron chi connectivity index (χ1n) is 8.58. The van der Waals surface area contributed by atoms with Gasteiger partial charge in [0, 0.05) is 23.5 Å². The number of hydrazone groups is 1. The van der Waals surface area contributed by atoms with Crippen molar-refractivity contribution in [3.05, 3.63) is 59.7 Å². The van der Waals surface area contributed by atoms with Gasteiger partial charge in [-0.2, -0.15) is 9.41 Å². The predicted molar refractivity (Wildman–Crippen MR) is 108 cm³/mol. The third kappa shape index (κ3) is 4.77. The lowest BCUT2D eigenvalue weighted by atomic mass is 10.2. The molecule has 1 aliphatic rings. The lowest BCUT2D eigenvalue weighted by molar-refractivity contribution is 0.0955. The molecule has 1 fully saturated rings. The maximum Gasteiger partial charge on any atom is 0.271 e. The third-order valence-corrected chi connectivity index (χ3v) is 6.93. The molecular weight excluding hydrogens is 382 g/mol. The second kappa shape index (κ2) is 8.69. The number of carbonyl (C=O) groups is 1. The molecule has 1 saturated heterocycles. The molecule has 27 heavy (non-hydrogen) atoms. The molecular formula is C19H21N3O3S2. The van der Waals surface area contributed by atoms with Gasteiger partial charge in [-0.15, -0.1) is 11.8 Å². The Kier molecular flexibility index (Phi) is 6.30. The predicted octanol–water partition coefficient (Wildman–Crippen LogP) is 2.96. The summed E-state index contributed by atoms with van der Waals surface area (Å²) in [6.07, 6.45) is 5.28. The van der Waals surface area contributed by atoms with Crippen molar-refractivity contribution in [2.75, 3.05) is 19.3 Å². The van der Waals surface area contributed by atoms with E-state index in [1.54, 1.807) is 30.1 Å². The van der Waals surface area contributed by atoms with E-state index in [0.717, 1.165) is 23.3 Å². The van der Waals surface area contributed by atoms with Gasteiger partial charge in [0.25, 0.3) is 5.91 Å². The minimum absolute atomic E-state index is 0.133. The van der Waals surface area contributed by atoms with Gasteiger partial charge in [0.1, 0.15) is 0 Å². The summed E-state index contributed by atoms with van der Waals surface area (Å²) in [4.78, 5) is 13.6. The van der Waals surface area contributed by atoms with Crippen LogP contribution < -0.4 is 5.43 Å². The van der Waals surface area contributed by atoms with Crippen molar-refractivity contribution in [1.29, 1.82) is 0 Å². The first-order valence-corrected chi connectivity index (χ1v) is 11.2. The number of nitrogens with zero attached hydrogens (tertiary/aromatic N) is 2. The Hall–Kier alpha value is -2.16. The van der Waals surface area contributed by atoms with Crippen molar-refractivity contribution in [2.24, 2.45) is 5.10 Å². The molecule has 0 aromatic heterocycles. The average molecular weight is 404 g/mol. The van der Waals surface area contributed by atoms with Crippen LogP contribution in [0.25, 0.3) is 0 Å². The molecule has 6 nitrogen and oxygen atoms in total. The standard InChI is InChI=1S/C19H21N3O3S2/c1-26-17-9-7-15(8-10-17)14-20-21-19(23)16-5-4-6-18(13-16)27(24,25)22-11-2-3-12-22/h4-10,13-14H,2-3,11-12H2,1H3,(H,21,23)/b20-14+. The lowest BCUT2D eigenvalue weighted by Crippen LogP contribution is -2.28. The van der Waals surface area contributed by atoms with Crippen LogP contribution in [0, 0.1) is 0 Å². The largest absolute Gasteiger partial charge is 0.271 e. The Morgan fingerprint density at radius 2 is 1.85 bits per heavy atom. The summed E-state index contributed by atoms with van der Waals surface area (Å²) >= 11 is 1.65. The van der Waals surface area contributed by atoms with E-state index < -0.39 is 15.9 Å². The molecule has 142 valence electrons. The van der Waals surface area contributed by atoms with E-state index >= 15 is 0 Å². The molecule has 1 N–H and O–H groups in total. The molecule has 0 unspecified atom stereocenters. The Bertz CT molecular complexity index is 935. The van der Waals surface area contributed by atoms with Crippen molar-refractivity contribution in [1.82, 2.24) is 9.73 Å². The van der Waals surface area contributed by atoms with Crippen LogP contribution >= 0.6 is 11.8 Å². The number of carbonyl (C=O) groups excluding carboxylic acids is 1. The van der Waals surface area contributed by atoms with Gasteiger partial charge in [-0.25, -0.2) is 13.8 Å². The maximum atomic E-state index is 12.6. The minimum atomic E-state index is -3.55. The molecule has 1 amide bonds. The van der Waals surface area contributed by atoms with Crippen LogP contribution in [-0.2, 0) is 10.0 Å². The number of thioether (sulfide) groups is 1. The molecule has 1 heterocycles. The van der Waals surface area contributed by atoms with E-state index in [0.29, 0.717) is 13.1 Å². The lowest BCUT2D eigenvalue weighted by Gasteiger charge is -2.15. The summed E-state index contributed by atoms with van der Waals surface area (Å²) in [5.74, 6) is -0.453. The van der Waals surface area contributed by atoms with E-state index in [9.17, 15) is 13.2 Å². The van der Waals surface area contributed by atoms with Gasteiger partial charge in [0.05, 0.1) is 11.1 Å². The Morgan fingerprint density at radius 1 is 1.15 bits per heavy atom. The normalized spacial score (nSPS) is 15.3. The number of hydrogen-bond acceptors (Lipinski definition) is 5. The summed E-state index contributed by atoms with van der Waals surface area (Å²) in [6.45, 7) is 1.05. The topological polar surface area (TPSA) is 78.8 Å². The SMILES string of the molecule is CSc1ccc(/C=N/NC(=O)c2cccc(S(=O)(=O)N3CCCC3)c2)cc1. The zero-order valence-electron chi connectivity index (χ0n) is 15.0. The van der Waals surface area contributed by atoms with Crippen molar-refractivity contribution in [3.8, 4) is 0 Å². The van der Waals surface area contributed by atoms with E-state index in [2.05, 4.69) is 10.5 Å². The smallest absolute Gasteiger partial charge is 0.267 e. The second-order valence-electron chi connectivity index (χ2n) is 6.11. The van der Waals surface area contributed by atoms with Gasteiger partial charge in [-0.05, 0) is 55.0 Å². The third-order valence-electron chi connectivity index (χ3n) is 4.29. The van der Waals surface area contributed by atoms with Crippen LogP contribution in [-0.4, -0.2) is 44.2 Å². The Morgan fingerprint density at radius 3 is 2.52 bits per heavy atom. The van der Waals surface area contributed by atoms with Crippen molar-refractivity contribution in [2.45, 2.75) is 22.6 Å². The molecule has 0 saturated carbocycles. The fourth-order valence-electron chi connectivity index (χ4n) is 2.80. The quantitative estimate of drug-likeness (QED) is 0.457. The summed E-state index contributed by atoms with van der Waals surface area (Å²) < 4.78 is 26.7. The van der Waals surface area contributed by atoms with Crippen LogP contribution in [0.3, 0.4) is 0 Å². The number of amides is 1.